The van der Waals surface area contributed by atoms with Crippen LogP contribution >= 0.6 is 0 Å². The molecule has 27 heavy (non-hydrogen) atoms. The summed E-state index contributed by atoms with van der Waals surface area (Å²) in [5.74, 6) is -1.86. The van der Waals surface area contributed by atoms with E-state index in [0.717, 1.165) is 0 Å². The van der Waals surface area contributed by atoms with Crippen LogP contribution in [0.5, 0.6) is 5.88 Å². The van der Waals surface area contributed by atoms with Crippen molar-refractivity contribution in [2.75, 3.05) is 12.9 Å². The molecule has 2 aromatic rings. The first kappa shape index (κ1) is 18.6. The molecule has 1 aliphatic heterocycles. The number of urea groups is 1. The predicted octanol–water partition coefficient (Wildman–Crippen LogP) is -0.0989. The second-order valence-electron chi connectivity index (χ2n) is 5.79. The van der Waals surface area contributed by atoms with Gasteiger partial charge in [0, 0.05) is 5.39 Å². The van der Waals surface area contributed by atoms with Crippen LogP contribution in [0.4, 0.5) is 4.79 Å². The van der Waals surface area contributed by atoms with Gasteiger partial charge in [0.2, 0.25) is 15.9 Å². The Morgan fingerprint density at radius 2 is 2.04 bits per heavy atom. The van der Waals surface area contributed by atoms with Crippen molar-refractivity contribution in [2.45, 2.75) is 12.5 Å². The number of hydrogen-bond acceptors (Lipinski definition) is 7. The molecule has 4 amide bonds. The standard InChI is InChI=1S/C16H16N4O6S/c1-26-15-10-5-3-2-4-9(10)8-12(17-15)14(22)20-27(24,25)7-6-11-13(21)19-16(23)18-11/h2-5,8,11H,6-7H2,1H3,(H,20,22)(H2,18,19,21,23)/t11-/m0/s1. The SMILES string of the molecule is COc1nc(C(=O)NS(=O)(=O)CC[C@@H]2NC(=O)NC2=O)cc2ccccc12. The molecular weight excluding hydrogens is 376 g/mol. The summed E-state index contributed by atoms with van der Waals surface area (Å²) in [6, 6.07) is 6.87. The monoisotopic (exact) mass is 392 g/mol. The van der Waals surface area contributed by atoms with Crippen LogP contribution in [0.25, 0.3) is 10.8 Å². The number of aromatic nitrogens is 1. The van der Waals surface area contributed by atoms with Gasteiger partial charge in [-0.3, -0.25) is 14.9 Å². The number of amides is 4. The zero-order valence-electron chi connectivity index (χ0n) is 14.2. The van der Waals surface area contributed by atoms with Crippen molar-refractivity contribution in [3.8, 4) is 5.88 Å². The third-order valence-electron chi connectivity index (χ3n) is 3.91. The topological polar surface area (TPSA) is 144 Å². The zero-order chi connectivity index (χ0) is 19.6. The van der Waals surface area contributed by atoms with Crippen molar-refractivity contribution in [1.29, 1.82) is 0 Å². The molecule has 142 valence electrons. The average Bonchev–Trinajstić information content (AvgIpc) is 2.96. The molecule has 0 spiro atoms. The fraction of sp³-hybridized carbons (Fsp3) is 0.250. The van der Waals surface area contributed by atoms with Gasteiger partial charge in [-0.15, -0.1) is 0 Å². The molecule has 0 aliphatic carbocycles. The molecule has 1 aromatic carbocycles. The first-order chi connectivity index (χ1) is 12.8. The fourth-order valence-corrected chi connectivity index (χ4v) is 3.65. The number of sulfonamides is 1. The van der Waals surface area contributed by atoms with Gasteiger partial charge in [0.15, 0.2) is 0 Å². The molecule has 3 rings (SSSR count). The van der Waals surface area contributed by atoms with E-state index in [9.17, 15) is 22.8 Å². The summed E-state index contributed by atoms with van der Waals surface area (Å²) < 4.78 is 31.4. The molecule has 0 saturated carbocycles. The van der Waals surface area contributed by atoms with Crippen LogP contribution in [0.2, 0.25) is 0 Å². The van der Waals surface area contributed by atoms with Crippen molar-refractivity contribution < 1.29 is 27.5 Å². The van der Waals surface area contributed by atoms with Gasteiger partial charge in [-0.1, -0.05) is 18.2 Å². The minimum Gasteiger partial charge on any atom is -0.481 e. The number of nitrogens with zero attached hydrogens (tertiary/aromatic N) is 1. The minimum atomic E-state index is -4.04. The van der Waals surface area contributed by atoms with Crippen molar-refractivity contribution in [3.63, 3.8) is 0 Å². The Morgan fingerprint density at radius 3 is 2.70 bits per heavy atom. The molecule has 11 heteroatoms. The maximum absolute atomic E-state index is 12.3. The first-order valence-electron chi connectivity index (χ1n) is 7.89. The number of nitrogens with one attached hydrogen (secondary N) is 3. The number of fused-ring (bicyclic) bond motifs is 1. The van der Waals surface area contributed by atoms with Crippen LogP contribution in [0.15, 0.2) is 30.3 Å². The van der Waals surface area contributed by atoms with E-state index >= 15 is 0 Å². The highest BCUT2D eigenvalue weighted by Crippen LogP contribution is 2.24. The molecule has 3 N–H and O–H groups in total. The second kappa shape index (κ2) is 7.19. The van der Waals surface area contributed by atoms with Crippen LogP contribution in [-0.2, 0) is 14.8 Å². The normalized spacial score (nSPS) is 16.7. The smallest absolute Gasteiger partial charge is 0.322 e. The van der Waals surface area contributed by atoms with E-state index in [-0.39, 0.29) is 18.0 Å². The van der Waals surface area contributed by atoms with Crippen molar-refractivity contribution in [1.82, 2.24) is 20.3 Å². The van der Waals surface area contributed by atoms with E-state index in [2.05, 4.69) is 10.3 Å². The lowest BCUT2D eigenvalue weighted by molar-refractivity contribution is -0.120. The molecule has 1 aromatic heterocycles. The average molecular weight is 392 g/mol. The zero-order valence-corrected chi connectivity index (χ0v) is 15.0. The molecule has 1 atom stereocenters. The van der Waals surface area contributed by atoms with Crippen LogP contribution in [0.1, 0.15) is 16.9 Å². The first-order valence-corrected chi connectivity index (χ1v) is 9.54. The Kier molecular flexibility index (Phi) is 4.95. The third-order valence-corrected chi connectivity index (χ3v) is 5.18. The summed E-state index contributed by atoms with van der Waals surface area (Å²) in [5.41, 5.74) is -0.124. The molecule has 10 nitrogen and oxygen atoms in total. The summed E-state index contributed by atoms with van der Waals surface area (Å²) in [6.45, 7) is 0. The van der Waals surface area contributed by atoms with Gasteiger partial charge < -0.3 is 10.1 Å². The van der Waals surface area contributed by atoms with Crippen LogP contribution in [-0.4, -0.2) is 50.2 Å². The number of rotatable bonds is 6. The van der Waals surface area contributed by atoms with Crippen LogP contribution in [0.3, 0.4) is 0 Å². The van der Waals surface area contributed by atoms with Gasteiger partial charge >= 0.3 is 6.03 Å². The molecule has 2 heterocycles. The van der Waals surface area contributed by atoms with Crippen LogP contribution in [0, 0.1) is 0 Å². The van der Waals surface area contributed by atoms with Gasteiger partial charge in [0.25, 0.3) is 11.8 Å². The Labute approximate surface area is 154 Å². The van der Waals surface area contributed by atoms with Gasteiger partial charge in [0.1, 0.15) is 11.7 Å². The van der Waals surface area contributed by atoms with Gasteiger partial charge in [0.05, 0.1) is 12.9 Å². The Morgan fingerprint density at radius 1 is 1.30 bits per heavy atom. The van der Waals surface area contributed by atoms with Gasteiger partial charge in [-0.2, -0.15) is 0 Å². The second-order valence-corrected chi connectivity index (χ2v) is 7.63. The lowest BCUT2D eigenvalue weighted by Crippen LogP contribution is -2.37. The van der Waals surface area contributed by atoms with Crippen molar-refractivity contribution >= 4 is 38.6 Å². The molecule has 0 radical (unpaired) electrons. The number of methoxy groups -OCH3 is 1. The maximum atomic E-state index is 12.3. The van der Waals surface area contributed by atoms with E-state index in [1.165, 1.54) is 13.2 Å². The summed E-state index contributed by atoms with van der Waals surface area (Å²) in [4.78, 5) is 38.8. The molecule has 0 unspecified atom stereocenters. The number of carbonyl (C=O) groups is 3. The highest BCUT2D eigenvalue weighted by molar-refractivity contribution is 7.90. The third kappa shape index (κ3) is 4.14. The van der Waals surface area contributed by atoms with Crippen molar-refractivity contribution in [2.24, 2.45) is 0 Å². The van der Waals surface area contributed by atoms with E-state index < -0.39 is 39.7 Å². The number of hydrogen-bond donors (Lipinski definition) is 3. The fourth-order valence-electron chi connectivity index (χ4n) is 2.62. The lowest BCUT2D eigenvalue weighted by atomic mass is 10.1. The summed E-state index contributed by atoms with van der Waals surface area (Å²) in [5, 5.41) is 5.64. The van der Waals surface area contributed by atoms with E-state index in [0.29, 0.717) is 10.8 Å². The quantitative estimate of drug-likeness (QED) is 0.582. The Bertz CT molecular complexity index is 1040. The summed E-state index contributed by atoms with van der Waals surface area (Å²) >= 11 is 0. The Hall–Kier alpha value is -3.21. The number of pyridine rings is 1. The number of imide groups is 1. The lowest BCUT2D eigenvalue weighted by Gasteiger charge is -2.10. The highest BCUT2D eigenvalue weighted by atomic mass is 32.2. The highest BCUT2D eigenvalue weighted by Gasteiger charge is 2.31. The number of ether oxygens (including phenoxy) is 1. The van der Waals surface area contributed by atoms with Gasteiger partial charge in [-0.25, -0.2) is 22.9 Å². The molecule has 0 bridgehead atoms. The molecule has 1 fully saturated rings. The molecule has 1 saturated heterocycles. The molecular formula is C16H16N4O6S. The van der Waals surface area contributed by atoms with Crippen molar-refractivity contribution in [3.05, 3.63) is 36.0 Å². The van der Waals surface area contributed by atoms with Gasteiger partial charge in [-0.05, 0) is 23.9 Å². The van der Waals surface area contributed by atoms with E-state index in [1.807, 2.05) is 10.0 Å². The summed E-state index contributed by atoms with van der Waals surface area (Å²) in [6.07, 6.45) is -0.172. The minimum absolute atomic E-state index is 0.124. The largest absolute Gasteiger partial charge is 0.481 e. The molecule has 1 aliphatic rings. The summed E-state index contributed by atoms with van der Waals surface area (Å²) in [7, 11) is -2.64. The maximum Gasteiger partial charge on any atom is 0.322 e. The van der Waals surface area contributed by atoms with Crippen LogP contribution < -0.4 is 20.1 Å². The predicted molar refractivity (Wildman–Crippen MR) is 94.6 cm³/mol. The number of benzene rings is 1. The Balaban J connectivity index is 1.73. The van der Waals surface area contributed by atoms with E-state index in [1.54, 1.807) is 24.3 Å². The van der Waals surface area contributed by atoms with E-state index in [4.69, 9.17) is 4.74 Å². The number of carbonyl (C=O) groups excluding carboxylic acids is 3.